The van der Waals surface area contributed by atoms with Gasteiger partial charge in [-0.2, -0.15) is 0 Å². The molecule has 0 spiro atoms. The fourth-order valence-electron chi connectivity index (χ4n) is 10.1. The van der Waals surface area contributed by atoms with Gasteiger partial charge in [0.15, 0.2) is 11.6 Å². The highest BCUT2D eigenvalue weighted by Gasteiger charge is 2.65. The van der Waals surface area contributed by atoms with Crippen molar-refractivity contribution in [3.8, 4) is 0 Å². The molecule has 2 aliphatic heterocycles. The third kappa shape index (κ3) is 4.77. The van der Waals surface area contributed by atoms with Gasteiger partial charge in [-0.25, -0.2) is 0 Å². The van der Waals surface area contributed by atoms with Gasteiger partial charge in [0.05, 0.1) is 35.2 Å². The van der Waals surface area contributed by atoms with E-state index in [9.17, 15) is 5.11 Å². The van der Waals surface area contributed by atoms with Crippen LogP contribution in [0.3, 0.4) is 0 Å². The van der Waals surface area contributed by atoms with Crippen LogP contribution in [0, 0.1) is 28.6 Å². The van der Waals surface area contributed by atoms with Gasteiger partial charge in [0.25, 0.3) is 0 Å². The maximum absolute atomic E-state index is 10.5. The highest BCUT2D eigenvalue weighted by Crippen LogP contribution is 2.67. The van der Waals surface area contributed by atoms with Crippen LogP contribution in [0.15, 0.2) is 28.5 Å². The molecule has 0 aromatic rings. The number of rotatable bonds is 5. The summed E-state index contributed by atoms with van der Waals surface area (Å²) in [5, 5.41) is 15.2. The Kier molecular flexibility index (Phi) is 6.81. The Balaban J connectivity index is 1.34. The summed E-state index contributed by atoms with van der Waals surface area (Å²) in [5.74, 6) is -0.223. The van der Waals surface area contributed by atoms with Crippen molar-refractivity contribution < 1.29 is 28.9 Å². The summed E-state index contributed by atoms with van der Waals surface area (Å²) in [5.41, 5.74) is 2.71. The third-order valence-electron chi connectivity index (χ3n) is 11.7. The number of allylic oxidation sites excluding steroid dienone is 4. The van der Waals surface area contributed by atoms with Gasteiger partial charge >= 0.3 is 0 Å². The molecule has 2 heterocycles. The van der Waals surface area contributed by atoms with Crippen molar-refractivity contribution in [3.63, 3.8) is 0 Å². The minimum absolute atomic E-state index is 0.0146. The first-order valence-electron chi connectivity index (χ1n) is 15.9. The quantitative estimate of drug-likeness (QED) is 0.371. The standard InChI is InChI=1S/C34H53NO6/c1-29(2,36)15-14-28-34(9,41-31(5,6)40-28)27-12-11-21-20-17-24(35-37-10)23-18-25-26(39-30(3,4)38-25)19-33(23,8)22(20)13-16-32(21,27)7/h11,17,22-23,25-28,36H,12-16,18-19H2,1-10H3/b35-24-/t22-,23-,25+,26-,27-,28+,32-,33+,34+/m0/s1. The smallest absolute Gasteiger partial charge is 0.164 e. The maximum atomic E-state index is 10.5. The molecule has 0 aromatic carbocycles. The normalized spacial score (nSPS) is 47.2. The van der Waals surface area contributed by atoms with Crippen molar-refractivity contribution in [1.82, 2.24) is 0 Å². The predicted octanol–water partition coefficient (Wildman–Crippen LogP) is 6.69. The van der Waals surface area contributed by atoms with Crippen molar-refractivity contribution in [3.05, 3.63) is 23.3 Å². The van der Waals surface area contributed by atoms with E-state index in [0.717, 1.165) is 44.2 Å². The van der Waals surface area contributed by atoms with Crippen molar-refractivity contribution in [1.29, 1.82) is 0 Å². The number of nitrogens with zero attached hydrogens (tertiary/aromatic N) is 1. The van der Waals surface area contributed by atoms with Crippen LogP contribution in [0.4, 0.5) is 0 Å². The Morgan fingerprint density at radius 2 is 1.71 bits per heavy atom. The molecule has 0 aromatic heterocycles. The first-order valence-corrected chi connectivity index (χ1v) is 15.9. The molecule has 1 N–H and O–H groups in total. The number of ether oxygens (including phenoxy) is 4. The number of hydrogen-bond donors (Lipinski definition) is 1. The third-order valence-corrected chi connectivity index (χ3v) is 11.7. The summed E-state index contributed by atoms with van der Waals surface area (Å²) in [4.78, 5) is 5.45. The number of aliphatic hydroxyl groups is 1. The molecule has 4 aliphatic carbocycles. The van der Waals surface area contributed by atoms with Crippen LogP contribution in [-0.2, 0) is 23.8 Å². The van der Waals surface area contributed by atoms with Gasteiger partial charge in [0.1, 0.15) is 7.11 Å². The maximum Gasteiger partial charge on any atom is 0.164 e. The Labute approximate surface area is 247 Å². The summed E-state index contributed by atoms with van der Waals surface area (Å²) in [6.45, 7) is 19.1. The number of oxime groups is 1. The van der Waals surface area contributed by atoms with Gasteiger partial charge in [-0.3, -0.25) is 0 Å². The van der Waals surface area contributed by atoms with E-state index in [-0.39, 0.29) is 41.0 Å². The van der Waals surface area contributed by atoms with Gasteiger partial charge in [-0.15, -0.1) is 0 Å². The molecule has 0 radical (unpaired) electrons. The second kappa shape index (κ2) is 9.37. The Morgan fingerprint density at radius 3 is 2.39 bits per heavy atom. The molecule has 41 heavy (non-hydrogen) atoms. The van der Waals surface area contributed by atoms with Crippen molar-refractivity contribution >= 4 is 5.71 Å². The fourth-order valence-corrected chi connectivity index (χ4v) is 10.1. The molecule has 2 saturated heterocycles. The molecule has 9 atom stereocenters. The lowest BCUT2D eigenvalue weighted by atomic mass is 9.47. The average molecular weight is 572 g/mol. The van der Waals surface area contributed by atoms with Crippen molar-refractivity contribution in [2.45, 2.75) is 148 Å². The van der Waals surface area contributed by atoms with E-state index in [1.54, 1.807) is 7.11 Å². The highest BCUT2D eigenvalue weighted by molar-refractivity contribution is 5.99. The van der Waals surface area contributed by atoms with E-state index in [2.05, 4.69) is 38.1 Å². The Morgan fingerprint density at radius 1 is 1.00 bits per heavy atom. The lowest BCUT2D eigenvalue weighted by Gasteiger charge is -2.57. The number of hydrogen-bond acceptors (Lipinski definition) is 7. The molecule has 230 valence electrons. The molecule has 2 saturated carbocycles. The van der Waals surface area contributed by atoms with E-state index < -0.39 is 22.8 Å². The molecular weight excluding hydrogens is 518 g/mol. The van der Waals surface area contributed by atoms with E-state index in [1.807, 2.05) is 41.5 Å². The summed E-state index contributed by atoms with van der Waals surface area (Å²) >= 11 is 0. The fraction of sp³-hybridized carbons (Fsp3) is 0.853. The van der Waals surface area contributed by atoms with E-state index in [0.29, 0.717) is 12.3 Å². The topological polar surface area (TPSA) is 78.7 Å². The molecular formula is C34H53NO6. The van der Waals surface area contributed by atoms with E-state index >= 15 is 0 Å². The van der Waals surface area contributed by atoms with Gasteiger partial charge in [0, 0.05) is 11.8 Å². The predicted molar refractivity (Wildman–Crippen MR) is 158 cm³/mol. The largest absolute Gasteiger partial charge is 0.399 e. The average Bonchev–Trinajstić information content (AvgIpc) is 3.42. The summed E-state index contributed by atoms with van der Waals surface area (Å²) in [6.07, 6.45) is 11.5. The second-order valence-corrected chi connectivity index (χ2v) is 16.1. The zero-order valence-corrected chi connectivity index (χ0v) is 27.0. The van der Waals surface area contributed by atoms with Crippen LogP contribution in [0.25, 0.3) is 0 Å². The minimum atomic E-state index is -0.740. The van der Waals surface area contributed by atoms with E-state index in [4.69, 9.17) is 23.8 Å². The van der Waals surface area contributed by atoms with Crippen molar-refractivity contribution in [2.75, 3.05) is 7.11 Å². The molecule has 7 nitrogen and oxygen atoms in total. The lowest BCUT2D eigenvalue weighted by molar-refractivity contribution is -0.177. The first kappa shape index (κ1) is 29.8. The zero-order valence-electron chi connectivity index (χ0n) is 27.0. The molecule has 6 rings (SSSR count). The van der Waals surface area contributed by atoms with Gasteiger partial charge < -0.3 is 28.9 Å². The van der Waals surface area contributed by atoms with Crippen LogP contribution in [0.5, 0.6) is 0 Å². The van der Waals surface area contributed by atoms with Gasteiger partial charge in [-0.05, 0) is 127 Å². The van der Waals surface area contributed by atoms with Crippen molar-refractivity contribution in [2.24, 2.45) is 33.7 Å². The lowest BCUT2D eigenvalue weighted by Crippen LogP contribution is -2.56. The Bertz CT molecular complexity index is 1160. The summed E-state index contributed by atoms with van der Waals surface area (Å²) in [7, 11) is 1.66. The van der Waals surface area contributed by atoms with Gasteiger partial charge in [0.2, 0.25) is 0 Å². The Hall–Kier alpha value is -1.25. The van der Waals surface area contributed by atoms with Crippen LogP contribution in [-0.4, -0.2) is 59.0 Å². The monoisotopic (exact) mass is 571 g/mol. The second-order valence-electron chi connectivity index (χ2n) is 16.1. The first-order chi connectivity index (χ1) is 18.9. The van der Waals surface area contributed by atoms with Crippen LogP contribution >= 0.6 is 0 Å². The highest BCUT2D eigenvalue weighted by atomic mass is 16.8. The molecule has 0 bridgehead atoms. The minimum Gasteiger partial charge on any atom is -0.399 e. The zero-order chi connectivity index (χ0) is 29.8. The molecule has 0 unspecified atom stereocenters. The van der Waals surface area contributed by atoms with E-state index in [1.165, 1.54) is 11.1 Å². The summed E-state index contributed by atoms with van der Waals surface area (Å²) < 4.78 is 26.2. The summed E-state index contributed by atoms with van der Waals surface area (Å²) in [6, 6.07) is 0. The van der Waals surface area contributed by atoms with Crippen LogP contribution in [0.2, 0.25) is 0 Å². The van der Waals surface area contributed by atoms with Crippen LogP contribution in [0.1, 0.15) is 107 Å². The SMILES string of the molecule is CO/N=C1/C=C2C3=CC[C@H]([C@@]4(C)OC(C)(C)O[C@@H]4CCC(C)(C)O)[C@@]3(C)CC[C@@H]2[C@@]2(C)C[C@@H]3OC(C)(C)O[C@@H]3C[C@@H]12. The molecule has 6 aliphatic rings. The number of fused-ring (bicyclic) bond motifs is 6. The molecule has 0 amide bonds. The van der Waals surface area contributed by atoms with Crippen LogP contribution < -0.4 is 0 Å². The molecule has 4 fully saturated rings. The molecule has 7 heteroatoms. The van der Waals surface area contributed by atoms with Gasteiger partial charge in [-0.1, -0.05) is 25.1 Å².